The Balaban J connectivity index is 1.93. The lowest BCUT2D eigenvalue weighted by Crippen LogP contribution is -2.19. The average molecular weight is 333 g/mol. The lowest BCUT2D eigenvalue weighted by Gasteiger charge is -2.07. The number of thiophene rings is 1. The molecule has 0 saturated heterocycles. The number of hydrogen-bond acceptors (Lipinski definition) is 3. The topological polar surface area (TPSA) is 51.1 Å². The molecule has 4 nitrogen and oxygen atoms in total. The van der Waals surface area contributed by atoms with Crippen molar-refractivity contribution in [3.05, 3.63) is 62.8 Å². The van der Waals surface area contributed by atoms with Gasteiger partial charge >= 0.3 is 0 Å². The van der Waals surface area contributed by atoms with Crippen molar-refractivity contribution in [2.75, 3.05) is 5.32 Å². The summed E-state index contributed by atoms with van der Waals surface area (Å²) in [6.07, 6.45) is 1.63. The fourth-order valence-electron chi connectivity index (χ4n) is 2.20. The van der Waals surface area contributed by atoms with Crippen LogP contribution in [0.25, 0.3) is 10.1 Å². The Morgan fingerprint density at radius 3 is 2.77 bits per heavy atom. The Kier molecular flexibility index (Phi) is 4.00. The van der Waals surface area contributed by atoms with Gasteiger partial charge in [-0.25, -0.2) is 0 Å². The van der Waals surface area contributed by atoms with Crippen molar-refractivity contribution in [3.8, 4) is 0 Å². The predicted octanol–water partition coefficient (Wildman–Crippen LogP) is 3.99. The van der Waals surface area contributed by atoms with E-state index in [4.69, 9.17) is 11.6 Å². The zero-order valence-corrected chi connectivity index (χ0v) is 13.4. The third-order valence-corrected chi connectivity index (χ3v) is 5.00. The summed E-state index contributed by atoms with van der Waals surface area (Å²) in [4.78, 5) is 24.4. The van der Waals surface area contributed by atoms with Gasteiger partial charge in [-0.3, -0.25) is 9.59 Å². The van der Waals surface area contributed by atoms with Gasteiger partial charge in [0.05, 0.1) is 10.7 Å². The lowest BCUT2D eigenvalue weighted by molar-refractivity contribution is 0.103. The summed E-state index contributed by atoms with van der Waals surface area (Å²) < 4.78 is 2.50. The zero-order valence-electron chi connectivity index (χ0n) is 11.8. The third-order valence-electron chi connectivity index (χ3n) is 3.32. The fraction of sp³-hybridized carbons (Fsp3) is 0.125. The monoisotopic (exact) mass is 332 g/mol. The summed E-state index contributed by atoms with van der Waals surface area (Å²) in [5.74, 6) is -0.271. The number of carbonyl (C=O) groups is 1. The van der Waals surface area contributed by atoms with Crippen molar-refractivity contribution < 1.29 is 4.79 Å². The molecule has 1 amide bonds. The number of halogens is 1. The minimum atomic E-state index is -0.271. The molecule has 0 aliphatic rings. The van der Waals surface area contributed by atoms with Crippen LogP contribution < -0.4 is 10.9 Å². The second-order valence-corrected chi connectivity index (χ2v) is 6.17. The molecule has 3 rings (SSSR count). The smallest absolute Gasteiger partial charge is 0.267 e. The number of aromatic nitrogens is 1. The van der Waals surface area contributed by atoms with Gasteiger partial charge in [-0.2, -0.15) is 0 Å². The largest absolute Gasteiger partial charge is 0.320 e. The number of aryl methyl sites for hydroxylation is 1. The van der Waals surface area contributed by atoms with Crippen molar-refractivity contribution >= 4 is 44.6 Å². The van der Waals surface area contributed by atoms with Gasteiger partial charge < -0.3 is 9.88 Å². The number of carbonyl (C=O) groups excluding carboxylic acids is 1. The summed E-state index contributed by atoms with van der Waals surface area (Å²) >= 11 is 7.65. The maximum atomic E-state index is 12.4. The number of amides is 1. The number of nitrogens with zero attached hydrogens (tertiary/aromatic N) is 1. The Hall–Kier alpha value is -2.11. The first-order valence-electron chi connectivity index (χ1n) is 6.79. The van der Waals surface area contributed by atoms with Gasteiger partial charge in [0.1, 0.15) is 4.88 Å². The molecule has 0 saturated carbocycles. The summed E-state index contributed by atoms with van der Waals surface area (Å²) in [6.45, 7) is 2.42. The van der Waals surface area contributed by atoms with E-state index >= 15 is 0 Å². The first-order valence-corrected chi connectivity index (χ1v) is 7.98. The first-order chi connectivity index (χ1) is 10.6. The summed E-state index contributed by atoms with van der Waals surface area (Å²) in [5, 5.41) is 4.12. The van der Waals surface area contributed by atoms with Gasteiger partial charge in [0.25, 0.3) is 11.5 Å². The molecule has 3 aromatic rings. The SMILES string of the molecule is CCn1cc(NC(=O)c2sc3ccccc3c2Cl)ccc1=O. The van der Waals surface area contributed by atoms with E-state index in [0.29, 0.717) is 22.1 Å². The number of benzene rings is 1. The number of hydrogen-bond donors (Lipinski definition) is 1. The highest BCUT2D eigenvalue weighted by atomic mass is 35.5. The Bertz CT molecular complexity index is 914. The van der Waals surface area contributed by atoms with Gasteiger partial charge in [-0.1, -0.05) is 29.8 Å². The van der Waals surface area contributed by atoms with Crippen molar-refractivity contribution in [2.24, 2.45) is 0 Å². The molecular weight excluding hydrogens is 320 g/mol. The van der Waals surface area contributed by atoms with Crippen LogP contribution in [0.15, 0.2) is 47.4 Å². The molecule has 0 unspecified atom stereocenters. The summed E-state index contributed by atoms with van der Waals surface area (Å²) in [7, 11) is 0. The molecular formula is C16H13ClN2O2S. The number of pyridine rings is 1. The normalized spacial score (nSPS) is 10.8. The quantitative estimate of drug-likeness (QED) is 0.788. The zero-order chi connectivity index (χ0) is 15.7. The minimum absolute atomic E-state index is 0.0969. The molecule has 1 aromatic carbocycles. The molecule has 0 radical (unpaired) electrons. The number of fused-ring (bicyclic) bond motifs is 1. The van der Waals surface area contributed by atoms with E-state index in [1.54, 1.807) is 12.3 Å². The van der Waals surface area contributed by atoms with Crippen LogP contribution in [-0.2, 0) is 6.54 Å². The van der Waals surface area contributed by atoms with Crippen molar-refractivity contribution in [1.82, 2.24) is 4.57 Å². The van der Waals surface area contributed by atoms with E-state index < -0.39 is 0 Å². The number of nitrogens with one attached hydrogen (secondary N) is 1. The van der Waals surface area contributed by atoms with Crippen LogP contribution in [-0.4, -0.2) is 10.5 Å². The van der Waals surface area contributed by atoms with Crippen LogP contribution in [0.4, 0.5) is 5.69 Å². The molecule has 0 spiro atoms. The minimum Gasteiger partial charge on any atom is -0.320 e. The van der Waals surface area contributed by atoms with Gasteiger partial charge in [0, 0.05) is 28.9 Å². The molecule has 112 valence electrons. The van der Waals surface area contributed by atoms with Crippen molar-refractivity contribution in [3.63, 3.8) is 0 Å². The van der Waals surface area contributed by atoms with Gasteiger partial charge in [0.15, 0.2) is 0 Å². The fourth-order valence-corrected chi connectivity index (χ4v) is 3.61. The average Bonchev–Trinajstić information content (AvgIpc) is 2.87. The van der Waals surface area contributed by atoms with E-state index in [0.717, 1.165) is 10.1 Å². The number of anilines is 1. The Morgan fingerprint density at radius 2 is 2.05 bits per heavy atom. The maximum absolute atomic E-state index is 12.4. The highest BCUT2D eigenvalue weighted by Gasteiger charge is 2.17. The molecule has 0 fully saturated rings. The molecule has 2 aromatic heterocycles. The molecule has 0 aliphatic carbocycles. The van der Waals surface area contributed by atoms with Crippen molar-refractivity contribution in [2.45, 2.75) is 13.5 Å². The standard InChI is InChI=1S/C16H13ClN2O2S/c1-2-19-9-10(7-8-13(19)20)18-16(21)15-14(17)11-5-3-4-6-12(11)22-15/h3-9H,2H2,1H3,(H,18,21). The molecule has 1 N–H and O–H groups in total. The van der Waals surface area contributed by atoms with Crippen LogP contribution in [0.1, 0.15) is 16.6 Å². The van der Waals surface area contributed by atoms with Gasteiger partial charge in [0.2, 0.25) is 0 Å². The molecule has 0 aliphatic heterocycles. The van der Waals surface area contributed by atoms with E-state index in [-0.39, 0.29) is 11.5 Å². The van der Waals surface area contributed by atoms with E-state index in [2.05, 4.69) is 5.32 Å². The van der Waals surface area contributed by atoms with Gasteiger partial charge in [-0.15, -0.1) is 11.3 Å². The Labute approximate surface area is 136 Å². The summed E-state index contributed by atoms with van der Waals surface area (Å²) in [6, 6.07) is 10.6. The van der Waals surface area contributed by atoms with Crippen LogP contribution in [0.5, 0.6) is 0 Å². The predicted molar refractivity (Wildman–Crippen MR) is 91.2 cm³/mol. The van der Waals surface area contributed by atoms with Crippen LogP contribution in [0.3, 0.4) is 0 Å². The molecule has 22 heavy (non-hydrogen) atoms. The number of rotatable bonds is 3. The maximum Gasteiger partial charge on any atom is 0.267 e. The first kappa shape index (κ1) is 14.8. The van der Waals surface area contributed by atoms with Gasteiger partial charge in [-0.05, 0) is 19.1 Å². The second-order valence-electron chi connectivity index (χ2n) is 4.74. The third kappa shape index (κ3) is 2.65. The van der Waals surface area contributed by atoms with Crippen LogP contribution in [0, 0.1) is 0 Å². The second kappa shape index (κ2) is 5.94. The highest BCUT2D eigenvalue weighted by molar-refractivity contribution is 7.21. The molecule has 0 atom stereocenters. The van der Waals surface area contributed by atoms with Crippen LogP contribution in [0.2, 0.25) is 5.02 Å². The van der Waals surface area contributed by atoms with Crippen LogP contribution >= 0.6 is 22.9 Å². The van der Waals surface area contributed by atoms with E-state index in [1.807, 2.05) is 31.2 Å². The molecule has 6 heteroatoms. The molecule has 2 heterocycles. The molecule has 0 bridgehead atoms. The van der Waals surface area contributed by atoms with E-state index in [9.17, 15) is 9.59 Å². The lowest BCUT2D eigenvalue weighted by atomic mass is 10.2. The highest BCUT2D eigenvalue weighted by Crippen LogP contribution is 2.35. The Morgan fingerprint density at radius 1 is 1.27 bits per heavy atom. The van der Waals surface area contributed by atoms with E-state index in [1.165, 1.54) is 22.0 Å². The van der Waals surface area contributed by atoms with Crippen molar-refractivity contribution in [1.29, 1.82) is 0 Å². The summed E-state index contributed by atoms with van der Waals surface area (Å²) in [5.41, 5.74) is 0.473.